The van der Waals surface area contributed by atoms with Gasteiger partial charge in [-0.1, -0.05) is 24.6 Å². The van der Waals surface area contributed by atoms with Gasteiger partial charge in [-0.2, -0.15) is 0 Å². The van der Waals surface area contributed by atoms with E-state index in [4.69, 9.17) is 16.3 Å². The number of carbonyl (C=O) groups excluding carboxylic acids is 3. The van der Waals surface area contributed by atoms with Gasteiger partial charge in [0.1, 0.15) is 16.5 Å². The summed E-state index contributed by atoms with van der Waals surface area (Å²) in [6.45, 7) is 2.20. The van der Waals surface area contributed by atoms with Gasteiger partial charge < -0.3 is 15.2 Å². The van der Waals surface area contributed by atoms with Gasteiger partial charge in [-0.05, 0) is 42.8 Å². The summed E-state index contributed by atoms with van der Waals surface area (Å²) in [5.74, 6) is -1.80. The smallest absolute Gasteiger partial charge is 0.338 e. The lowest BCUT2D eigenvalue weighted by molar-refractivity contribution is -0.120. The van der Waals surface area contributed by atoms with Crippen LogP contribution in [0, 0.1) is 0 Å². The Kier molecular flexibility index (Phi) is 5.65. The molecule has 2 N–H and O–H groups in total. The Bertz CT molecular complexity index is 969. The van der Waals surface area contributed by atoms with Gasteiger partial charge in [0.2, 0.25) is 0 Å². The number of nitrogens with one attached hydrogen (secondary N) is 1. The minimum absolute atomic E-state index is 0.000832. The number of aromatic hydroxyl groups is 1. The standard InChI is InChI=1S/C20H17ClN2O5/c1-2-10-28-20(27)12-6-8-14(9-7-12)23-18(25)16(21)17(19(23)26)22-13-4-3-5-15(24)11-13/h3-9,11,22,24H,2,10H2,1H3. The predicted molar refractivity (Wildman–Crippen MR) is 104 cm³/mol. The summed E-state index contributed by atoms with van der Waals surface area (Å²) in [5, 5.41) is 12.0. The number of hydrogen-bond donors (Lipinski definition) is 2. The quantitative estimate of drug-likeness (QED) is 0.570. The fourth-order valence-corrected chi connectivity index (χ4v) is 2.81. The zero-order valence-corrected chi connectivity index (χ0v) is 15.7. The first kappa shape index (κ1) is 19.4. The minimum Gasteiger partial charge on any atom is -0.508 e. The molecule has 1 aliphatic rings. The third kappa shape index (κ3) is 3.84. The molecule has 28 heavy (non-hydrogen) atoms. The third-order valence-corrected chi connectivity index (χ3v) is 4.29. The molecule has 0 bridgehead atoms. The van der Waals surface area contributed by atoms with Crippen molar-refractivity contribution in [1.29, 1.82) is 0 Å². The summed E-state index contributed by atoms with van der Waals surface area (Å²) < 4.78 is 5.05. The van der Waals surface area contributed by atoms with Gasteiger partial charge in [-0.3, -0.25) is 9.59 Å². The molecule has 0 saturated heterocycles. The van der Waals surface area contributed by atoms with Crippen LogP contribution in [-0.4, -0.2) is 29.5 Å². The molecule has 144 valence electrons. The summed E-state index contributed by atoms with van der Waals surface area (Å²) in [5.41, 5.74) is 0.898. The highest BCUT2D eigenvalue weighted by atomic mass is 35.5. The van der Waals surface area contributed by atoms with E-state index in [1.54, 1.807) is 12.1 Å². The number of hydrogen-bond acceptors (Lipinski definition) is 6. The first-order valence-electron chi connectivity index (χ1n) is 8.54. The van der Waals surface area contributed by atoms with Gasteiger partial charge in [0.15, 0.2) is 0 Å². The van der Waals surface area contributed by atoms with Crippen LogP contribution in [0.2, 0.25) is 0 Å². The van der Waals surface area contributed by atoms with E-state index in [2.05, 4.69) is 5.32 Å². The van der Waals surface area contributed by atoms with Gasteiger partial charge in [-0.15, -0.1) is 0 Å². The second-order valence-corrected chi connectivity index (χ2v) is 6.37. The number of phenolic OH excluding ortho intramolecular Hbond substituents is 1. The van der Waals surface area contributed by atoms with E-state index >= 15 is 0 Å². The summed E-state index contributed by atoms with van der Waals surface area (Å²) in [4.78, 5) is 38.0. The predicted octanol–water partition coefficient (Wildman–Crippen LogP) is 3.39. The highest BCUT2D eigenvalue weighted by molar-refractivity contribution is 6.53. The van der Waals surface area contributed by atoms with Crippen LogP contribution in [0.3, 0.4) is 0 Å². The molecule has 0 atom stereocenters. The van der Waals surface area contributed by atoms with Crippen LogP contribution < -0.4 is 10.2 Å². The first-order valence-corrected chi connectivity index (χ1v) is 8.92. The molecular formula is C20H17ClN2O5. The third-order valence-electron chi connectivity index (χ3n) is 3.94. The lowest BCUT2D eigenvalue weighted by Crippen LogP contribution is -2.32. The van der Waals surface area contributed by atoms with Crippen molar-refractivity contribution in [3.8, 4) is 5.75 Å². The number of phenols is 1. The molecule has 1 heterocycles. The Labute approximate surface area is 166 Å². The van der Waals surface area contributed by atoms with Crippen molar-refractivity contribution in [2.75, 3.05) is 16.8 Å². The van der Waals surface area contributed by atoms with Gasteiger partial charge in [0.25, 0.3) is 11.8 Å². The Morgan fingerprint density at radius 3 is 2.50 bits per heavy atom. The Hall–Kier alpha value is -3.32. The highest BCUT2D eigenvalue weighted by Gasteiger charge is 2.39. The molecule has 3 rings (SSSR count). The zero-order chi connectivity index (χ0) is 20.3. The normalized spacial score (nSPS) is 13.9. The van der Waals surface area contributed by atoms with Crippen LogP contribution in [-0.2, 0) is 14.3 Å². The number of imide groups is 1. The molecule has 0 unspecified atom stereocenters. The van der Waals surface area contributed by atoms with E-state index in [1.165, 1.54) is 36.4 Å². The van der Waals surface area contributed by atoms with Gasteiger partial charge in [-0.25, -0.2) is 9.69 Å². The summed E-state index contributed by atoms with van der Waals surface area (Å²) >= 11 is 6.07. The Balaban J connectivity index is 1.80. The second kappa shape index (κ2) is 8.14. The molecule has 0 fully saturated rings. The van der Waals surface area contributed by atoms with Crippen LogP contribution in [0.4, 0.5) is 11.4 Å². The summed E-state index contributed by atoms with van der Waals surface area (Å²) in [6.07, 6.45) is 0.708. The SMILES string of the molecule is CCCOC(=O)c1ccc(N2C(=O)C(Cl)=C(Nc3cccc(O)c3)C2=O)cc1. The van der Waals surface area contributed by atoms with Gasteiger partial charge in [0.05, 0.1) is 17.9 Å². The first-order chi connectivity index (χ1) is 13.4. The fourth-order valence-electron chi connectivity index (χ4n) is 2.60. The zero-order valence-electron chi connectivity index (χ0n) is 14.9. The number of rotatable bonds is 6. The average Bonchev–Trinajstić information content (AvgIpc) is 2.89. The monoisotopic (exact) mass is 400 g/mol. The lowest BCUT2D eigenvalue weighted by Gasteiger charge is -2.15. The molecule has 0 saturated carbocycles. The van der Waals surface area contributed by atoms with Crippen LogP contribution in [0.15, 0.2) is 59.3 Å². The molecule has 8 heteroatoms. The molecule has 0 radical (unpaired) electrons. The number of ether oxygens (including phenoxy) is 1. The van der Waals surface area contributed by atoms with E-state index in [0.29, 0.717) is 24.3 Å². The van der Waals surface area contributed by atoms with Gasteiger partial charge >= 0.3 is 5.97 Å². The number of amides is 2. The summed E-state index contributed by atoms with van der Waals surface area (Å²) in [6, 6.07) is 12.0. The molecule has 1 aliphatic heterocycles. The number of benzene rings is 2. The van der Waals surface area contributed by atoms with Crippen molar-refractivity contribution in [2.24, 2.45) is 0 Å². The molecular weight excluding hydrogens is 384 g/mol. The maximum absolute atomic E-state index is 12.7. The van der Waals surface area contributed by atoms with Gasteiger partial charge in [0, 0.05) is 11.8 Å². The Morgan fingerprint density at radius 1 is 1.14 bits per heavy atom. The summed E-state index contributed by atoms with van der Waals surface area (Å²) in [7, 11) is 0. The van der Waals surface area contributed by atoms with Crippen molar-refractivity contribution in [2.45, 2.75) is 13.3 Å². The van der Waals surface area contributed by atoms with Crippen molar-refractivity contribution in [3.05, 3.63) is 64.8 Å². The average molecular weight is 401 g/mol. The van der Waals surface area contributed by atoms with Crippen LogP contribution in [0.25, 0.3) is 0 Å². The molecule has 0 aromatic heterocycles. The molecule has 2 amide bonds. The number of nitrogens with zero attached hydrogens (tertiary/aromatic N) is 1. The largest absolute Gasteiger partial charge is 0.508 e. The minimum atomic E-state index is -0.685. The number of anilines is 2. The highest BCUT2D eigenvalue weighted by Crippen LogP contribution is 2.30. The maximum Gasteiger partial charge on any atom is 0.338 e. The fraction of sp³-hybridized carbons (Fsp3) is 0.150. The topological polar surface area (TPSA) is 95.9 Å². The number of esters is 1. The number of carbonyl (C=O) groups is 3. The van der Waals surface area contributed by atoms with Crippen molar-refractivity contribution < 1.29 is 24.2 Å². The van der Waals surface area contributed by atoms with E-state index in [0.717, 1.165) is 4.90 Å². The van der Waals surface area contributed by atoms with Crippen molar-refractivity contribution >= 4 is 40.8 Å². The molecule has 0 aliphatic carbocycles. The van der Waals surface area contributed by atoms with Crippen LogP contribution in [0.5, 0.6) is 5.75 Å². The Morgan fingerprint density at radius 2 is 1.86 bits per heavy atom. The van der Waals surface area contributed by atoms with Crippen molar-refractivity contribution in [3.63, 3.8) is 0 Å². The molecule has 2 aromatic carbocycles. The molecule has 2 aromatic rings. The lowest BCUT2D eigenvalue weighted by atomic mass is 10.2. The van der Waals surface area contributed by atoms with E-state index in [9.17, 15) is 19.5 Å². The van der Waals surface area contributed by atoms with E-state index < -0.39 is 17.8 Å². The van der Waals surface area contributed by atoms with Crippen molar-refractivity contribution in [1.82, 2.24) is 0 Å². The maximum atomic E-state index is 12.7. The van der Waals surface area contributed by atoms with Crippen LogP contribution in [0.1, 0.15) is 23.7 Å². The number of halogens is 1. The molecule has 7 nitrogen and oxygen atoms in total. The van der Waals surface area contributed by atoms with Crippen LogP contribution >= 0.6 is 11.6 Å². The molecule has 0 spiro atoms. The van der Waals surface area contributed by atoms with E-state index in [1.807, 2.05) is 6.92 Å². The second-order valence-electron chi connectivity index (χ2n) is 5.99. The van der Waals surface area contributed by atoms with E-state index in [-0.39, 0.29) is 22.2 Å².